The van der Waals surface area contributed by atoms with Crippen LogP contribution in [-0.2, 0) is 19.5 Å². The van der Waals surface area contributed by atoms with E-state index >= 15 is 0 Å². The monoisotopic (exact) mass is 895 g/mol. The smallest absolute Gasteiger partial charge is 1.00 e. The standard InChI is InChI=1S/C48H40P2.C2H6N.2ClH.Ru/c1-33-13-23-39(24-14-33)49(40-25-15-34(2)16-26-40)45-31-21-37-9-5-7-11-43(37)47(45)48-44-12-8-6-10-38(44)22-32-46(48)50(41-27-17-35(3)18-28-41)42-29-19-36(4)20-30-42;1-3-2;;;/h5-32H,1-4H3;1-2H3;2*1H;/q;-1;;;+2/p-1. The second-order valence-corrected chi connectivity index (χ2v) is 18.2. The van der Waals surface area contributed by atoms with E-state index in [9.17, 15) is 0 Å². The molecule has 0 radical (unpaired) electrons. The number of fused-ring (bicyclic) bond motifs is 2. The number of aryl methyl sites for hydroxylation is 4. The summed E-state index contributed by atoms with van der Waals surface area (Å²) in [6, 6.07) is 64.6. The molecule has 0 amide bonds. The molecule has 0 aliphatic heterocycles. The first-order chi connectivity index (χ1) is 25.9. The first kappa shape index (κ1) is 45.0. The van der Waals surface area contributed by atoms with Crippen molar-refractivity contribution < 1.29 is 31.9 Å². The van der Waals surface area contributed by atoms with E-state index in [1.165, 1.54) is 86.8 Å². The van der Waals surface area contributed by atoms with Crippen LogP contribution in [0.2, 0.25) is 0 Å². The molecule has 0 bridgehead atoms. The van der Waals surface area contributed by atoms with Crippen LogP contribution in [0.1, 0.15) is 22.3 Å². The predicted molar refractivity (Wildman–Crippen MR) is 246 cm³/mol. The van der Waals surface area contributed by atoms with Crippen LogP contribution in [-0.4, -0.2) is 14.1 Å². The van der Waals surface area contributed by atoms with Gasteiger partial charge in [0.05, 0.1) is 0 Å². The Morgan fingerprint density at radius 1 is 0.357 bits per heavy atom. The van der Waals surface area contributed by atoms with Gasteiger partial charge < -0.3 is 17.7 Å². The van der Waals surface area contributed by atoms with E-state index < -0.39 is 15.8 Å². The van der Waals surface area contributed by atoms with Crippen LogP contribution in [0.25, 0.3) is 38.0 Å². The van der Waals surface area contributed by atoms with Gasteiger partial charge in [0, 0.05) is 0 Å². The topological polar surface area (TPSA) is 14.1 Å². The summed E-state index contributed by atoms with van der Waals surface area (Å²) >= 11 is 0. The minimum absolute atomic E-state index is 0. The molecule has 0 saturated heterocycles. The summed E-state index contributed by atoms with van der Waals surface area (Å²) in [7, 11) is 1.73. The maximum Gasteiger partial charge on any atom is 2.00 e. The van der Waals surface area contributed by atoms with Crippen LogP contribution in [0.15, 0.2) is 170 Å². The van der Waals surface area contributed by atoms with Gasteiger partial charge in [0.15, 0.2) is 0 Å². The van der Waals surface area contributed by atoms with Crippen molar-refractivity contribution in [3.8, 4) is 11.1 Å². The second-order valence-electron chi connectivity index (χ2n) is 13.8. The molecule has 8 aromatic rings. The molecule has 1 nitrogen and oxygen atoms in total. The molecule has 0 aliphatic carbocycles. The molecule has 0 unspecified atom stereocenters. The number of hydrogen-bond acceptors (Lipinski definition) is 0. The quantitative estimate of drug-likeness (QED) is 0.113. The molecule has 0 spiro atoms. The molecule has 0 N–H and O–H groups in total. The zero-order valence-corrected chi connectivity index (χ0v) is 37.7. The normalized spacial score (nSPS) is 10.6. The van der Waals surface area contributed by atoms with Gasteiger partial charge in [0.25, 0.3) is 0 Å². The maximum absolute atomic E-state index is 3.50. The van der Waals surface area contributed by atoms with Crippen LogP contribution >= 0.6 is 28.3 Å². The van der Waals surface area contributed by atoms with Gasteiger partial charge in [-0.15, -0.1) is 12.4 Å². The van der Waals surface area contributed by atoms with E-state index in [2.05, 4.69) is 203 Å². The fourth-order valence-corrected chi connectivity index (χ4v) is 11.9. The van der Waals surface area contributed by atoms with E-state index in [-0.39, 0.29) is 44.3 Å². The Labute approximate surface area is 361 Å². The van der Waals surface area contributed by atoms with Crippen molar-refractivity contribution in [1.29, 1.82) is 0 Å². The van der Waals surface area contributed by atoms with Crippen molar-refractivity contribution in [2.75, 3.05) is 14.1 Å². The zero-order valence-electron chi connectivity index (χ0n) is 32.6. The Kier molecular flexibility index (Phi) is 16.6. The van der Waals surface area contributed by atoms with E-state index in [1.807, 2.05) is 0 Å². The Balaban J connectivity index is 0.00000113. The van der Waals surface area contributed by atoms with E-state index in [0.29, 0.717) is 0 Å². The average molecular weight is 896 g/mol. The fourth-order valence-electron chi connectivity index (χ4n) is 7.05. The maximum atomic E-state index is 3.50. The van der Waals surface area contributed by atoms with E-state index in [1.54, 1.807) is 14.1 Å². The predicted octanol–water partition coefficient (Wildman–Crippen LogP) is 8.45. The van der Waals surface area contributed by atoms with Crippen molar-refractivity contribution in [2.45, 2.75) is 27.7 Å². The second kappa shape index (κ2) is 20.6. The fraction of sp³-hybridized carbons (Fsp3) is 0.120. The molecule has 0 atom stereocenters. The summed E-state index contributed by atoms with van der Waals surface area (Å²) < 4.78 is 0. The van der Waals surface area contributed by atoms with Gasteiger partial charge in [-0.25, -0.2) is 0 Å². The Morgan fingerprint density at radius 3 is 0.875 bits per heavy atom. The van der Waals surface area contributed by atoms with Gasteiger partial charge in [-0.05, 0) is 108 Å². The number of nitrogens with zero attached hydrogens (tertiary/aromatic N) is 1. The zero-order chi connectivity index (χ0) is 36.9. The molecule has 6 heteroatoms. The van der Waals surface area contributed by atoms with Crippen molar-refractivity contribution in [3.05, 3.63) is 197 Å². The van der Waals surface area contributed by atoms with Crippen molar-refractivity contribution in [2.24, 2.45) is 0 Å². The van der Waals surface area contributed by atoms with Gasteiger partial charge in [-0.3, -0.25) is 0 Å². The largest absolute Gasteiger partial charge is 2.00 e. The Bertz CT molecular complexity index is 2220. The molecule has 284 valence electrons. The summed E-state index contributed by atoms with van der Waals surface area (Å²) in [6.07, 6.45) is 0. The summed E-state index contributed by atoms with van der Waals surface area (Å²) in [5, 5.41) is 16.9. The third-order valence-electron chi connectivity index (χ3n) is 9.71. The molecule has 8 rings (SSSR count). The summed E-state index contributed by atoms with van der Waals surface area (Å²) in [4.78, 5) is 0. The van der Waals surface area contributed by atoms with E-state index in [4.69, 9.17) is 0 Å². The number of benzene rings is 8. The number of halogens is 2. The minimum atomic E-state index is -0.885. The third kappa shape index (κ3) is 9.70. The van der Waals surface area contributed by atoms with E-state index in [0.717, 1.165) is 0 Å². The van der Waals surface area contributed by atoms with Crippen LogP contribution in [0.5, 0.6) is 0 Å². The SMILES string of the molecule is C[N-]C.Cc1ccc(P(c2ccc(C)cc2)c2ccc3ccccc3c2-c2c(P(c3ccc(C)cc3)c3ccc(C)cc3)ccc3ccccc23)cc1.Cl.[Cl-].[Ru+2]. The van der Waals surface area contributed by atoms with Crippen LogP contribution in [0, 0.1) is 27.7 Å². The Morgan fingerprint density at radius 2 is 0.607 bits per heavy atom. The third-order valence-corrected chi connectivity index (χ3v) is 14.7. The summed E-state index contributed by atoms with van der Waals surface area (Å²) in [5.74, 6) is 0. The van der Waals surface area contributed by atoms with Gasteiger partial charge in [-0.2, -0.15) is 14.1 Å². The van der Waals surface area contributed by atoms with Gasteiger partial charge in [-0.1, -0.05) is 192 Å². The summed E-state index contributed by atoms with van der Waals surface area (Å²) in [6.45, 7) is 8.72. The van der Waals surface area contributed by atoms with Crippen LogP contribution < -0.4 is 44.2 Å². The molecule has 8 aromatic carbocycles. The molecular formula is C50H47Cl2NP2Ru. The summed E-state index contributed by atoms with van der Waals surface area (Å²) in [5.41, 5.74) is 7.84. The molecule has 0 aromatic heterocycles. The van der Waals surface area contributed by atoms with Crippen LogP contribution in [0.4, 0.5) is 0 Å². The Hall–Kier alpha value is -3.70. The minimum Gasteiger partial charge on any atom is -1.00 e. The van der Waals surface area contributed by atoms with Crippen molar-refractivity contribution >= 4 is 81.6 Å². The van der Waals surface area contributed by atoms with Gasteiger partial charge >= 0.3 is 19.5 Å². The van der Waals surface area contributed by atoms with Gasteiger partial charge in [0.1, 0.15) is 0 Å². The molecule has 56 heavy (non-hydrogen) atoms. The molecular weight excluding hydrogens is 848 g/mol. The number of rotatable bonds is 7. The first-order valence-electron chi connectivity index (χ1n) is 18.2. The average Bonchev–Trinajstić information content (AvgIpc) is 3.18. The first-order valence-corrected chi connectivity index (χ1v) is 20.9. The van der Waals surface area contributed by atoms with Crippen molar-refractivity contribution in [3.63, 3.8) is 0 Å². The number of hydrogen-bond donors (Lipinski definition) is 0. The molecule has 0 aliphatic rings. The molecule has 0 saturated carbocycles. The van der Waals surface area contributed by atoms with Crippen LogP contribution in [0.3, 0.4) is 0 Å². The van der Waals surface area contributed by atoms with Crippen molar-refractivity contribution in [1.82, 2.24) is 0 Å². The molecule has 0 fully saturated rings. The molecule has 0 heterocycles. The van der Waals surface area contributed by atoms with Gasteiger partial charge in [0.2, 0.25) is 0 Å².